The fraction of sp³-hybridized carbons (Fsp3) is 0.455. The SMILES string of the molecule is COC(=O)Cc1cc(OC)nc(OC(F)(F)F)c1CCl. The van der Waals surface area contributed by atoms with Crippen molar-refractivity contribution in [3.63, 3.8) is 0 Å². The van der Waals surface area contributed by atoms with Gasteiger partial charge in [0.1, 0.15) is 0 Å². The summed E-state index contributed by atoms with van der Waals surface area (Å²) in [6.45, 7) is 0. The Morgan fingerprint density at radius 2 is 2.05 bits per heavy atom. The third kappa shape index (κ3) is 4.44. The fourth-order valence-electron chi connectivity index (χ4n) is 1.40. The van der Waals surface area contributed by atoms with Crippen LogP contribution >= 0.6 is 11.6 Å². The lowest BCUT2D eigenvalue weighted by Crippen LogP contribution is -2.20. The molecule has 0 aliphatic rings. The summed E-state index contributed by atoms with van der Waals surface area (Å²) < 4.78 is 50.0. The molecule has 9 heteroatoms. The molecule has 20 heavy (non-hydrogen) atoms. The van der Waals surface area contributed by atoms with Crippen LogP contribution in [0.25, 0.3) is 0 Å². The van der Waals surface area contributed by atoms with E-state index in [1.165, 1.54) is 13.2 Å². The van der Waals surface area contributed by atoms with Crippen LogP contribution in [0, 0.1) is 0 Å². The average molecular weight is 314 g/mol. The summed E-state index contributed by atoms with van der Waals surface area (Å²) >= 11 is 5.61. The van der Waals surface area contributed by atoms with E-state index in [2.05, 4.69) is 14.5 Å². The van der Waals surface area contributed by atoms with Crippen molar-refractivity contribution in [3.05, 3.63) is 17.2 Å². The van der Waals surface area contributed by atoms with Gasteiger partial charge >= 0.3 is 12.3 Å². The van der Waals surface area contributed by atoms with Crippen molar-refractivity contribution in [2.75, 3.05) is 14.2 Å². The monoisotopic (exact) mass is 313 g/mol. The molecule has 0 amide bonds. The number of pyridine rings is 1. The van der Waals surface area contributed by atoms with Gasteiger partial charge in [-0.05, 0) is 5.56 Å². The number of ether oxygens (including phenoxy) is 3. The van der Waals surface area contributed by atoms with Crippen molar-refractivity contribution in [2.24, 2.45) is 0 Å². The summed E-state index contributed by atoms with van der Waals surface area (Å²) in [5.74, 6) is -1.82. The van der Waals surface area contributed by atoms with Gasteiger partial charge in [-0.25, -0.2) is 0 Å². The topological polar surface area (TPSA) is 57.7 Å². The number of hydrogen-bond donors (Lipinski definition) is 0. The molecule has 1 aromatic rings. The summed E-state index contributed by atoms with van der Waals surface area (Å²) in [5.41, 5.74) is 0.146. The van der Waals surface area contributed by atoms with E-state index in [4.69, 9.17) is 16.3 Å². The van der Waals surface area contributed by atoms with E-state index in [-0.39, 0.29) is 29.3 Å². The minimum atomic E-state index is -4.93. The highest BCUT2D eigenvalue weighted by atomic mass is 35.5. The third-order valence-corrected chi connectivity index (χ3v) is 2.54. The van der Waals surface area contributed by atoms with Crippen molar-refractivity contribution in [3.8, 4) is 11.8 Å². The third-order valence-electron chi connectivity index (χ3n) is 2.27. The van der Waals surface area contributed by atoms with Crippen LogP contribution in [-0.2, 0) is 21.8 Å². The second-order valence-corrected chi connectivity index (χ2v) is 3.81. The van der Waals surface area contributed by atoms with E-state index in [0.29, 0.717) is 0 Å². The molecule has 0 aliphatic carbocycles. The fourth-order valence-corrected chi connectivity index (χ4v) is 1.69. The zero-order valence-corrected chi connectivity index (χ0v) is 11.3. The van der Waals surface area contributed by atoms with Gasteiger partial charge < -0.3 is 14.2 Å². The number of esters is 1. The van der Waals surface area contributed by atoms with Crippen LogP contribution in [0.2, 0.25) is 0 Å². The lowest BCUT2D eigenvalue weighted by Gasteiger charge is -2.15. The van der Waals surface area contributed by atoms with Crippen molar-refractivity contribution in [1.82, 2.24) is 4.98 Å². The van der Waals surface area contributed by atoms with E-state index in [1.54, 1.807) is 0 Å². The van der Waals surface area contributed by atoms with Gasteiger partial charge in [-0.3, -0.25) is 4.79 Å². The number of alkyl halides is 4. The van der Waals surface area contributed by atoms with Gasteiger partial charge in [0.25, 0.3) is 0 Å². The first-order valence-electron chi connectivity index (χ1n) is 5.26. The van der Waals surface area contributed by atoms with Crippen molar-refractivity contribution < 1.29 is 32.2 Å². The molecule has 0 aromatic carbocycles. The molecule has 1 aromatic heterocycles. The first kappa shape index (κ1) is 16.4. The van der Waals surface area contributed by atoms with Gasteiger partial charge in [0.05, 0.1) is 26.5 Å². The summed E-state index contributed by atoms with van der Waals surface area (Å²) in [4.78, 5) is 14.8. The molecule has 0 N–H and O–H groups in total. The number of carbonyl (C=O) groups is 1. The highest BCUT2D eigenvalue weighted by Gasteiger charge is 2.34. The molecule has 0 saturated heterocycles. The molecule has 0 saturated carbocycles. The molecule has 0 atom stereocenters. The molecule has 0 bridgehead atoms. The Kier molecular flexibility index (Phi) is 5.43. The molecule has 0 unspecified atom stereocenters. The Balaban J connectivity index is 3.27. The standard InChI is InChI=1S/C11H11ClF3NO4/c1-18-8-3-6(4-9(17)19-2)7(5-12)10(16-8)20-11(13,14)15/h3H,4-5H2,1-2H3. The lowest BCUT2D eigenvalue weighted by molar-refractivity contribution is -0.276. The Bertz CT molecular complexity index is 493. The number of nitrogens with zero attached hydrogens (tertiary/aromatic N) is 1. The van der Waals surface area contributed by atoms with Gasteiger partial charge in [-0.1, -0.05) is 0 Å². The zero-order chi connectivity index (χ0) is 15.3. The van der Waals surface area contributed by atoms with E-state index in [9.17, 15) is 18.0 Å². The molecule has 5 nitrogen and oxygen atoms in total. The lowest BCUT2D eigenvalue weighted by atomic mass is 10.1. The van der Waals surface area contributed by atoms with E-state index < -0.39 is 18.2 Å². The summed E-state index contributed by atoms with van der Waals surface area (Å²) in [6, 6.07) is 1.30. The molecule has 0 aliphatic heterocycles. The Labute approximate surface area is 117 Å². The zero-order valence-electron chi connectivity index (χ0n) is 10.6. The molecule has 112 valence electrons. The minimum absolute atomic E-state index is 0.0461. The van der Waals surface area contributed by atoms with Gasteiger partial charge in [0.15, 0.2) is 0 Å². The number of carbonyl (C=O) groups excluding carboxylic acids is 1. The van der Waals surface area contributed by atoms with E-state index >= 15 is 0 Å². The second kappa shape index (κ2) is 6.65. The molecular formula is C11H11ClF3NO4. The van der Waals surface area contributed by atoms with Gasteiger partial charge in [-0.2, -0.15) is 4.98 Å². The molecule has 0 spiro atoms. The second-order valence-electron chi connectivity index (χ2n) is 3.54. The predicted octanol–water partition coefficient (Wildman–Crippen LogP) is 2.44. The summed E-state index contributed by atoms with van der Waals surface area (Å²) in [7, 11) is 2.39. The highest BCUT2D eigenvalue weighted by Crippen LogP contribution is 2.31. The Morgan fingerprint density at radius 3 is 2.50 bits per heavy atom. The van der Waals surface area contributed by atoms with Gasteiger partial charge in [-0.15, -0.1) is 24.8 Å². The normalized spacial score (nSPS) is 11.1. The van der Waals surface area contributed by atoms with Crippen LogP contribution in [0.15, 0.2) is 6.07 Å². The average Bonchev–Trinajstić information content (AvgIpc) is 2.36. The quantitative estimate of drug-likeness (QED) is 0.617. The number of halogens is 4. The number of methoxy groups -OCH3 is 2. The first-order valence-corrected chi connectivity index (χ1v) is 5.79. The van der Waals surface area contributed by atoms with Gasteiger partial charge in [0, 0.05) is 11.6 Å². The van der Waals surface area contributed by atoms with Crippen LogP contribution in [0.5, 0.6) is 11.8 Å². The van der Waals surface area contributed by atoms with Crippen LogP contribution in [-0.4, -0.2) is 31.5 Å². The van der Waals surface area contributed by atoms with Crippen molar-refractivity contribution in [1.29, 1.82) is 0 Å². The van der Waals surface area contributed by atoms with Crippen LogP contribution < -0.4 is 9.47 Å². The Hall–Kier alpha value is -1.70. The minimum Gasteiger partial charge on any atom is -0.481 e. The van der Waals surface area contributed by atoms with Crippen molar-refractivity contribution in [2.45, 2.75) is 18.7 Å². The maximum atomic E-state index is 12.3. The first-order chi connectivity index (χ1) is 9.30. The maximum Gasteiger partial charge on any atom is 0.574 e. The number of hydrogen-bond acceptors (Lipinski definition) is 5. The van der Waals surface area contributed by atoms with Crippen LogP contribution in [0.1, 0.15) is 11.1 Å². The number of rotatable bonds is 5. The maximum absolute atomic E-state index is 12.3. The van der Waals surface area contributed by atoms with E-state index in [0.717, 1.165) is 7.11 Å². The van der Waals surface area contributed by atoms with Crippen molar-refractivity contribution >= 4 is 17.6 Å². The molecule has 1 heterocycles. The number of aromatic nitrogens is 1. The molecule has 1 rings (SSSR count). The summed E-state index contributed by atoms with van der Waals surface area (Å²) in [6.07, 6.45) is -5.20. The van der Waals surface area contributed by atoms with Crippen LogP contribution in [0.4, 0.5) is 13.2 Å². The largest absolute Gasteiger partial charge is 0.574 e. The summed E-state index contributed by atoms with van der Waals surface area (Å²) in [5, 5.41) is 0. The van der Waals surface area contributed by atoms with Crippen LogP contribution in [0.3, 0.4) is 0 Å². The van der Waals surface area contributed by atoms with E-state index in [1.807, 2.05) is 0 Å². The highest BCUT2D eigenvalue weighted by molar-refractivity contribution is 6.17. The molecule has 0 fully saturated rings. The molecular weight excluding hydrogens is 303 g/mol. The smallest absolute Gasteiger partial charge is 0.481 e. The predicted molar refractivity (Wildman–Crippen MR) is 62.7 cm³/mol. The van der Waals surface area contributed by atoms with Gasteiger partial charge in [0.2, 0.25) is 11.8 Å². The molecule has 0 radical (unpaired) electrons. The Morgan fingerprint density at radius 1 is 1.40 bits per heavy atom.